The topological polar surface area (TPSA) is 90.9 Å². The van der Waals surface area contributed by atoms with Gasteiger partial charge in [0.1, 0.15) is 5.92 Å². The monoisotopic (exact) mass is 220 g/mol. The molecule has 4 N–H and O–H groups in total. The lowest BCUT2D eigenvalue weighted by molar-refractivity contribution is -0.132. The molecule has 0 aromatic heterocycles. The van der Waals surface area contributed by atoms with Gasteiger partial charge in [-0.1, -0.05) is 30.3 Å². The number of hydrazine groups is 1. The molecule has 84 valence electrons. The summed E-state index contributed by atoms with van der Waals surface area (Å²) < 4.78 is 0. The molecule has 1 aromatic carbocycles. The van der Waals surface area contributed by atoms with E-state index in [0.717, 1.165) is 10.7 Å². The molecule has 1 aromatic rings. The predicted molar refractivity (Wildman–Crippen MR) is 57.0 cm³/mol. The van der Waals surface area contributed by atoms with Crippen molar-refractivity contribution in [3.63, 3.8) is 0 Å². The Balaban J connectivity index is 2.16. The lowest BCUT2D eigenvalue weighted by Gasteiger charge is -2.10. The van der Waals surface area contributed by atoms with Crippen LogP contribution >= 0.6 is 0 Å². The van der Waals surface area contributed by atoms with E-state index >= 15 is 0 Å². The summed E-state index contributed by atoms with van der Waals surface area (Å²) in [5.74, 6) is 4.63. The van der Waals surface area contributed by atoms with E-state index in [0.29, 0.717) is 6.42 Å². The molecular weight excluding hydrogens is 208 g/mol. The highest BCUT2D eigenvalue weighted by atomic mass is 16.5. The first-order valence-corrected chi connectivity index (χ1v) is 4.83. The molecule has 0 saturated carbocycles. The Morgan fingerprint density at radius 2 is 2.12 bits per heavy atom. The highest BCUT2D eigenvalue weighted by Gasteiger charge is 2.34. The standard InChI is InChI=1S/C10H12N4O2/c11-14-10(15)8(9(12-14)13-16)6-7-4-2-1-3-5-7/h1-5,8,16H,6,11H2,(H,12,13). The van der Waals surface area contributed by atoms with E-state index in [1.54, 1.807) is 0 Å². The number of hydroxylamine groups is 1. The molecule has 0 bridgehead atoms. The van der Waals surface area contributed by atoms with Gasteiger partial charge in [0.05, 0.1) is 0 Å². The van der Waals surface area contributed by atoms with Crippen LogP contribution < -0.4 is 11.3 Å². The number of hydrazone groups is 1. The maximum absolute atomic E-state index is 11.6. The van der Waals surface area contributed by atoms with Crippen LogP contribution in [0.1, 0.15) is 5.56 Å². The molecule has 6 heteroatoms. The fraction of sp³-hybridized carbons (Fsp3) is 0.200. The Hall–Kier alpha value is -1.92. The number of nitrogens with two attached hydrogens (primary N) is 1. The molecule has 1 aliphatic rings. The summed E-state index contributed by atoms with van der Waals surface area (Å²) in [5, 5.41) is 13.3. The van der Waals surface area contributed by atoms with Crippen molar-refractivity contribution in [1.82, 2.24) is 10.6 Å². The largest absolute Gasteiger partial charge is 0.290 e. The van der Waals surface area contributed by atoms with Crippen molar-refractivity contribution in [3.05, 3.63) is 35.9 Å². The molecule has 6 nitrogen and oxygen atoms in total. The van der Waals surface area contributed by atoms with E-state index < -0.39 is 5.92 Å². The van der Waals surface area contributed by atoms with Crippen LogP contribution in [-0.2, 0) is 11.2 Å². The fourth-order valence-electron chi connectivity index (χ4n) is 1.65. The van der Waals surface area contributed by atoms with Crippen molar-refractivity contribution < 1.29 is 10.0 Å². The number of benzene rings is 1. The number of hydrogen-bond donors (Lipinski definition) is 3. The van der Waals surface area contributed by atoms with Gasteiger partial charge < -0.3 is 0 Å². The summed E-state index contributed by atoms with van der Waals surface area (Å²) in [6, 6.07) is 9.48. The van der Waals surface area contributed by atoms with Crippen LogP contribution in [0.2, 0.25) is 0 Å². The number of carbonyl (C=O) groups is 1. The van der Waals surface area contributed by atoms with Crippen molar-refractivity contribution >= 4 is 11.7 Å². The highest BCUT2D eigenvalue weighted by molar-refractivity contribution is 6.06. The number of rotatable bonds is 2. The Kier molecular flexibility index (Phi) is 2.84. The summed E-state index contributed by atoms with van der Waals surface area (Å²) in [5.41, 5.74) is 2.89. The molecule has 16 heavy (non-hydrogen) atoms. The minimum atomic E-state index is -0.544. The molecule has 0 radical (unpaired) electrons. The zero-order valence-corrected chi connectivity index (χ0v) is 8.50. The maximum Gasteiger partial charge on any atom is 0.268 e. The van der Waals surface area contributed by atoms with E-state index in [1.165, 1.54) is 0 Å². The SMILES string of the molecule is NN1N=C(NO)C(Cc2ccccc2)C1=O. The molecule has 1 unspecified atom stereocenters. The van der Waals surface area contributed by atoms with E-state index in [-0.39, 0.29) is 11.7 Å². The quantitative estimate of drug-likeness (QED) is 0.367. The van der Waals surface area contributed by atoms with Crippen molar-refractivity contribution in [1.29, 1.82) is 0 Å². The third kappa shape index (κ3) is 1.88. The third-order valence-electron chi connectivity index (χ3n) is 2.47. The van der Waals surface area contributed by atoms with E-state index in [4.69, 9.17) is 11.0 Å². The van der Waals surface area contributed by atoms with Gasteiger partial charge in [-0.05, 0) is 12.0 Å². The second-order valence-corrected chi connectivity index (χ2v) is 3.52. The van der Waals surface area contributed by atoms with Gasteiger partial charge in [0.2, 0.25) is 0 Å². The van der Waals surface area contributed by atoms with Crippen LogP contribution in [0.3, 0.4) is 0 Å². The van der Waals surface area contributed by atoms with Gasteiger partial charge in [-0.3, -0.25) is 15.5 Å². The van der Waals surface area contributed by atoms with E-state index in [1.807, 2.05) is 35.8 Å². The lowest BCUT2D eigenvalue weighted by atomic mass is 9.98. The van der Waals surface area contributed by atoms with Crippen LogP contribution in [0.15, 0.2) is 35.4 Å². The average molecular weight is 220 g/mol. The first kappa shape index (κ1) is 10.6. The molecule has 1 amide bonds. The van der Waals surface area contributed by atoms with E-state index in [9.17, 15) is 4.79 Å². The van der Waals surface area contributed by atoms with Crippen LogP contribution in [0.25, 0.3) is 0 Å². The van der Waals surface area contributed by atoms with Gasteiger partial charge in [0.15, 0.2) is 5.84 Å². The molecular formula is C10H12N4O2. The zero-order chi connectivity index (χ0) is 11.5. The molecule has 1 aliphatic heterocycles. The summed E-state index contributed by atoms with van der Waals surface area (Å²) in [6.07, 6.45) is 0.458. The number of hydrogen-bond acceptors (Lipinski definition) is 5. The number of carbonyl (C=O) groups excluding carboxylic acids is 1. The molecule has 0 spiro atoms. The Labute approximate surface area is 92.3 Å². The second-order valence-electron chi connectivity index (χ2n) is 3.52. The normalized spacial score (nSPS) is 19.9. The minimum absolute atomic E-state index is 0.177. The molecule has 2 rings (SSSR count). The number of nitrogens with zero attached hydrogens (tertiary/aromatic N) is 2. The number of nitrogens with one attached hydrogen (secondary N) is 1. The smallest absolute Gasteiger partial charge is 0.268 e. The van der Waals surface area contributed by atoms with Crippen molar-refractivity contribution in [2.75, 3.05) is 0 Å². The Morgan fingerprint density at radius 3 is 2.75 bits per heavy atom. The van der Waals surface area contributed by atoms with Gasteiger partial charge in [-0.2, -0.15) is 5.12 Å². The van der Waals surface area contributed by atoms with Crippen molar-refractivity contribution in [3.8, 4) is 0 Å². The van der Waals surface area contributed by atoms with Crippen LogP contribution in [-0.4, -0.2) is 22.1 Å². The molecule has 0 aliphatic carbocycles. The maximum atomic E-state index is 11.6. The zero-order valence-electron chi connectivity index (χ0n) is 8.50. The number of amidine groups is 1. The number of amides is 1. The van der Waals surface area contributed by atoms with E-state index in [2.05, 4.69) is 5.10 Å². The highest BCUT2D eigenvalue weighted by Crippen LogP contribution is 2.16. The second kappa shape index (κ2) is 4.30. The predicted octanol–water partition coefficient (Wildman–Crippen LogP) is -0.147. The van der Waals surface area contributed by atoms with Gasteiger partial charge >= 0.3 is 0 Å². The lowest BCUT2D eigenvalue weighted by Crippen LogP contribution is -2.35. The molecule has 0 fully saturated rings. The first-order chi connectivity index (χ1) is 7.72. The summed E-state index contributed by atoms with van der Waals surface area (Å²) in [7, 11) is 0. The van der Waals surface area contributed by atoms with Gasteiger partial charge in [0, 0.05) is 0 Å². The van der Waals surface area contributed by atoms with Gasteiger partial charge in [-0.25, -0.2) is 5.84 Å². The van der Waals surface area contributed by atoms with Crippen LogP contribution in [0.5, 0.6) is 0 Å². The van der Waals surface area contributed by atoms with Crippen molar-refractivity contribution in [2.45, 2.75) is 6.42 Å². The van der Waals surface area contributed by atoms with Crippen LogP contribution in [0, 0.1) is 5.92 Å². The van der Waals surface area contributed by atoms with Crippen LogP contribution in [0.4, 0.5) is 0 Å². The summed E-state index contributed by atoms with van der Waals surface area (Å²) in [4.78, 5) is 11.6. The summed E-state index contributed by atoms with van der Waals surface area (Å²) >= 11 is 0. The molecule has 0 saturated heterocycles. The molecule has 1 heterocycles. The van der Waals surface area contributed by atoms with Gasteiger partial charge in [-0.15, -0.1) is 5.10 Å². The molecule has 1 atom stereocenters. The third-order valence-corrected chi connectivity index (χ3v) is 2.47. The Morgan fingerprint density at radius 1 is 1.44 bits per heavy atom. The first-order valence-electron chi connectivity index (χ1n) is 4.83. The fourth-order valence-corrected chi connectivity index (χ4v) is 1.65. The average Bonchev–Trinajstić information content (AvgIpc) is 2.58. The summed E-state index contributed by atoms with van der Waals surface area (Å²) in [6.45, 7) is 0. The van der Waals surface area contributed by atoms with Crippen molar-refractivity contribution in [2.24, 2.45) is 16.9 Å². The Bertz CT molecular complexity index is 418. The van der Waals surface area contributed by atoms with Gasteiger partial charge in [0.25, 0.3) is 5.91 Å². The minimum Gasteiger partial charge on any atom is -0.290 e.